The fraction of sp³-hybridized carbons (Fsp3) is 0.562. The Morgan fingerprint density at radius 3 is 2.40 bits per heavy atom. The standard InChI is InChI=1S/C16H27N5O2S.HI/c1-5-17-15(20-12-16(2,3)24-4)19-11-10-18-13-6-8-14(9-7-13)21(22)23;/h6-9,18H,5,10-12H2,1-4H3,(H2,17,19,20);1H. The molecule has 0 saturated heterocycles. The summed E-state index contributed by atoms with van der Waals surface area (Å²) in [7, 11) is 0. The van der Waals surface area contributed by atoms with Gasteiger partial charge in [0.15, 0.2) is 5.96 Å². The predicted molar refractivity (Wildman–Crippen MR) is 119 cm³/mol. The summed E-state index contributed by atoms with van der Waals surface area (Å²) in [6, 6.07) is 6.40. The maximum atomic E-state index is 10.6. The second-order valence-corrected chi connectivity index (χ2v) is 7.33. The Bertz CT molecular complexity index is 552. The molecular weight excluding hydrogens is 453 g/mol. The van der Waals surface area contributed by atoms with E-state index in [1.165, 1.54) is 12.1 Å². The molecule has 0 heterocycles. The highest BCUT2D eigenvalue weighted by Gasteiger charge is 2.15. The van der Waals surface area contributed by atoms with Gasteiger partial charge in [0.2, 0.25) is 0 Å². The van der Waals surface area contributed by atoms with Crippen LogP contribution in [0.25, 0.3) is 0 Å². The lowest BCUT2D eigenvalue weighted by Crippen LogP contribution is -2.40. The number of nitrogens with zero attached hydrogens (tertiary/aromatic N) is 2. The monoisotopic (exact) mass is 481 g/mol. The normalized spacial score (nSPS) is 11.4. The minimum atomic E-state index is -0.402. The number of thioether (sulfide) groups is 1. The van der Waals surface area contributed by atoms with Crippen molar-refractivity contribution in [3.8, 4) is 0 Å². The van der Waals surface area contributed by atoms with Crippen molar-refractivity contribution in [1.29, 1.82) is 0 Å². The predicted octanol–water partition coefficient (Wildman–Crippen LogP) is 3.32. The lowest BCUT2D eigenvalue weighted by molar-refractivity contribution is -0.384. The first kappa shape index (κ1) is 23.8. The Labute approximate surface area is 171 Å². The topological polar surface area (TPSA) is 91.6 Å². The molecule has 0 unspecified atom stereocenters. The number of nitrogens with one attached hydrogen (secondary N) is 3. The number of halogens is 1. The lowest BCUT2D eigenvalue weighted by atomic mass is 10.2. The SMILES string of the molecule is CCNC(=NCC(C)(C)SC)NCCNc1ccc([N+](=O)[O-])cc1.I. The maximum absolute atomic E-state index is 10.6. The van der Waals surface area contributed by atoms with Crippen LogP contribution in [-0.4, -0.2) is 48.1 Å². The molecule has 9 heteroatoms. The minimum Gasteiger partial charge on any atom is -0.383 e. The van der Waals surface area contributed by atoms with Crippen LogP contribution in [0.2, 0.25) is 0 Å². The number of hydrogen-bond acceptors (Lipinski definition) is 5. The molecule has 0 aromatic heterocycles. The second kappa shape index (κ2) is 12.2. The van der Waals surface area contributed by atoms with Crippen molar-refractivity contribution in [3.63, 3.8) is 0 Å². The van der Waals surface area contributed by atoms with E-state index in [0.29, 0.717) is 13.1 Å². The van der Waals surface area contributed by atoms with Gasteiger partial charge in [0.25, 0.3) is 5.69 Å². The summed E-state index contributed by atoms with van der Waals surface area (Å²) in [6.45, 7) is 9.30. The van der Waals surface area contributed by atoms with Gasteiger partial charge < -0.3 is 16.0 Å². The summed E-state index contributed by atoms with van der Waals surface area (Å²) in [5.41, 5.74) is 0.949. The zero-order valence-corrected chi connectivity index (χ0v) is 18.3. The largest absolute Gasteiger partial charge is 0.383 e. The van der Waals surface area contributed by atoms with E-state index in [1.807, 2.05) is 6.92 Å². The van der Waals surface area contributed by atoms with Crippen molar-refractivity contribution in [3.05, 3.63) is 34.4 Å². The van der Waals surface area contributed by atoms with Gasteiger partial charge in [-0.25, -0.2) is 0 Å². The highest BCUT2D eigenvalue weighted by Crippen LogP contribution is 2.20. The zero-order valence-electron chi connectivity index (χ0n) is 15.2. The summed E-state index contributed by atoms with van der Waals surface area (Å²) in [5, 5.41) is 20.3. The average Bonchev–Trinajstić information content (AvgIpc) is 2.57. The fourth-order valence-electron chi connectivity index (χ4n) is 1.76. The van der Waals surface area contributed by atoms with Gasteiger partial charge in [-0.2, -0.15) is 11.8 Å². The number of aliphatic imine (C=N–C) groups is 1. The molecule has 7 nitrogen and oxygen atoms in total. The van der Waals surface area contributed by atoms with E-state index in [2.05, 4.69) is 41.0 Å². The molecule has 0 radical (unpaired) electrons. The van der Waals surface area contributed by atoms with E-state index in [1.54, 1.807) is 23.9 Å². The Hall–Kier alpha value is -1.23. The van der Waals surface area contributed by atoms with E-state index >= 15 is 0 Å². The molecule has 0 aliphatic heterocycles. The van der Waals surface area contributed by atoms with E-state index in [-0.39, 0.29) is 34.4 Å². The van der Waals surface area contributed by atoms with Crippen molar-refractivity contribution in [2.45, 2.75) is 25.5 Å². The van der Waals surface area contributed by atoms with Crippen molar-refractivity contribution < 1.29 is 4.92 Å². The van der Waals surface area contributed by atoms with Gasteiger partial charge in [0.05, 0.1) is 11.5 Å². The van der Waals surface area contributed by atoms with Gasteiger partial charge in [-0.1, -0.05) is 0 Å². The third-order valence-corrected chi connectivity index (χ3v) is 4.57. The molecule has 0 fully saturated rings. The summed E-state index contributed by atoms with van der Waals surface area (Å²) in [6.07, 6.45) is 2.09. The van der Waals surface area contributed by atoms with Crippen LogP contribution in [0.3, 0.4) is 0 Å². The first-order valence-electron chi connectivity index (χ1n) is 7.93. The van der Waals surface area contributed by atoms with Gasteiger partial charge in [-0.3, -0.25) is 15.1 Å². The van der Waals surface area contributed by atoms with Crippen LogP contribution >= 0.6 is 35.7 Å². The highest BCUT2D eigenvalue weighted by molar-refractivity contribution is 14.0. The summed E-state index contributed by atoms with van der Waals surface area (Å²) in [5.74, 6) is 0.796. The van der Waals surface area contributed by atoms with Crippen LogP contribution in [0.15, 0.2) is 29.3 Å². The molecule has 1 aromatic carbocycles. The number of guanidine groups is 1. The smallest absolute Gasteiger partial charge is 0.269 e. The molecule has 142 valence electrons. The number of nitro groups is 1. The molecule has 0 saturated carbocycles. The molecule has 0 atom stereocenters. The Balaban J connectivity index is 0.00000576. The third-order valence-electron chi connectivity index (χ3n) is 3.34. The first-order chi connectivity index (χ1) is 11.4. The van der Waals surface area contributed by atoms with Gasteiger partial charge >= 0.3 is 0 Å². The van der Waals surface area contributed by atoms with Crippen LogP contribution in [0.5, 0.6) is 0 Å². The third kappa shape index (κ3) is 9.73. The Morgan fingerprint density at radius 2 is 1.88 bits per heavy atom. The number of benzene rings is 1. The van der Waals surface area contributed by atoms with Gasteiger partial charge in [0, 0.05) is 42.2 Å². The molecule has 0 bridgehead atoms. The molecule has 1 aromatic rings. The number of anilines is 1. The molecule has 0 spiro atoms. The van der Waals surface area contributed by atoms with E-state index < -0.39 is 4.92 Å². The molecule has 0 amide bonds. The molecule has 3 N–H and O–H groups in total. The van der Waals surface area contributed by atoms with Gasteiger partial charge in [-0.15, -0.1) is 24.0 Å². The van der Waals surface area contributed by atoms with Gasteiger partial charge in [0.1, 0.15) is 0 Å². The second-order valence-electron chi connectivity index (χ2n) is 5.82. The highest BCUT2D eigenvalue weighted by atomic mass is 127. The van der Waals surface area contributed by atoms with Crippen LogP contribution in [0.1, 0.15) is 20.8 Å². The minimum absolute atomic E-state index is 0. The van der Waals surface area contributed by atoms with E-state index in [4.69, 9.17) is 0 Å². The lowest BCUT2D eigenvalue weighted by Gasteiger charge is -2.20. The van der Waals surface area contributed by atoms with Crippen molar-refractivity contribution >= 4 is 53.1 Å². The summed E-state index contributed by atoms with van der Waals surface area (Å²) < 4.78 is 0.110. The summed E-state index contributed by atoms with van der Waals surface area (Å²) in [4.78, 5) is 14.8. The fourth-order valence-corrected chi connectivity index (χ4v) is 1.96. The molecule has 0 aliphatic carbocycles. The zero-order chi connectivity index (χ0) is 18.0. The van der Waals surface area contributed by atoms with Crippen LogP contribution in [0.4, 0.5) is 11.4 Å². The number of non-ortho nitro benzene ring substituents is 1. The Morgan fingerprint density at radius 1 is 1.24 bits per heavy atom. The van der Waals surface area contributed by atoms with Crippen LogP contribution in [0, 0.1) is 10.1 Å². The number of hydrogen-bond donors (Lipinski definition) is 3. The quantitative estimate of drug-likeness (QED) is 0.125. The molecule has 25 heavy (non-hydrogen) atoms. The number of rotatable bonds is 9. The van der Waals surface area contributed by atoms with Crippen molar-refractivity contribution in [1.82, 2.24) is 10.6 Å². The molecular formula is C16H28IN5O2S. The van der Waals surface area contributed by atoms with Gasteiger partial charge in [-0.05, 0) is 39.2 Å². The van der Waals surface area contributed by atoms with Crippen molar-refractivity contribution in [2.75, 3.05) is 37.8 Å². The van der Waals surface area contributed by atoms with E-state index in [0.717, 1.165) is 24.7 Å². The molecule has 1 rings (SSSR count). The average molecular weight is 481 g/mol. The molecule has 0 aliphatic rings. The van der Waals surface area contributed by atoms with Crippen molar-refractivity contribution in [2.24, 2.45) is 4.99 Å². The van der Waals surface area contributed by atoms with Crippen LogP contribution < -0.4 is 16.0 Å². The first-order valence-corrected chi connectivity index (χ1v) is 9.16. The number of nitro benzene ring substituents is 1. The Kier molecular flexibility index (Phi) is 11.6. The van der Waals surface area contributed by atoms with E-state index in [9.17, 15) is 10.1 Å². The van der Waals surface area contributed by atoms with Crippen LogP contribution in [-0.2, 0) is 0 Å². The summed E-state index contributed by atoms with van der Waals surface area (Å²) >= 11 is 1.79. The maximum Gasteiger partial charge on any atom is 0.269 e.